The van der Waals surface area contributed by atoms with E-state index >= 15 is 0 Å². The largest absolute Gasteiger partial charge is 0.396 e. The first-order chi connectivity index (χ1) is 7.31. The molecule has 1 fully saturated rings. The van der Waals surface area contributed by atoms with Gasteiger partial charge in [0, 0.05) is 12.5 Å². The van der Waals surface area contributed by atoms with Crippen LogP contribution in [0.15, 0.2) is 23.8 Å². The van der Waals surface area contributed by atoms with E-state index in [4.69, 9.17) is 5.11 Å². The Hall–Kier alpha value is -0.890. The molecule has 1 N–H and O–H groups in total. The van der Waals surface area contributed by atoms with Gasteiger partial charge in [-0.05, 0) is 42.6 Å². The summed E-state index contributed by atoms with van der Waals surface area (Å²) in [6.45, 7) is 0.186. The SMILES string of the molecule is O=C1C(CCCO)=C[C@H]2[C@@H]1[C@H]1C=C[C@@H]2C1. The molecule has 0 unspecified atom stereocenters. The Kier molecular flexibility index (Phi) is 2.06. The number of hydrogen-bond acceptors (Lipinski definition) is 2. The highest BCUT2D eigenvalue weighted by atomic mass is 16.2. The predicted octanol–water partition coefficient (Wildman–Crippen LogP) is 1.71. The van der Waals surface area contributed by atoms with Crippen molar-refractivity contribution in [3.63, 3.8) is 0 Å². The molecular formula is C13H16O2. The summed E-state index contributed by atoms with van der Waals surface area (Å²) >= 11 is 0. The molecule has 3 aliphatic rings. The minimum atomic E-state index is 0.186. The maximum absolute atomic E-state index is 12.1. The van der Waals surface area contributed by atoms with Crippen molar-refractivity contribution in [2.24, 2.45) is 23.7 Å². The summed E-state index contributed by atoms with van der Waals surface area (Å²) in [5.41, 5.74) is 0.984. The van der Waals surface area contributed by atoms with E-state index in [1.54, 1.807) is 0 Å². The maximum Gasteiger partial charge on any atom is 0.162 e. The number of allylic oxidation sites excluding steroid dienone is 4. The van der Waals surface area contributed by atoms with Crippen LogP contribution in [0.3, 0.4) is 0 Å². The molecule has 3 rings (SSSR count). The fourth-order valence-corrected chi connectivity index (χ4v) is 3.46. The first kappa shape index (κ1) is 9.34. The van der Waals surface area contributed by atoms with Crippen LogP contribution in [0.2, 0.25) is 0 Å². The summed E-state index contributed by atoms with van der Waals surface area (Å²) in [5.74, 6) is 2.24. The summed E-state index contributed by atoms with van der Waals surface area (Å²) in [6.07, 6.45) is 9.38. The number of aliphatic hydroxyl groups excluding tert-OH is 1. The average Bonchev–Trinajstić information content (AvgIpc) is 2.88. The van der Waals surface area contributed by atoms with Gasteiger partial charge < -0.3 is 5.11 Å². The highest BCUT2D eigenvalue weighted by Gasteiger charge is 2.50. The van der Waals surface area contributed by atoms with Crippen molar-refractivity contribution < 1.29 is 9.90 Å². The van der Waals surface area contributed by atoms with Crippen molar-refractivity contribution in [2.75, 3.05) is 6.61 Å². The van der Waals surface area contributed by atoms with Gasteiger partial charge in [-0.25, -0.2) is 0 Å². The van der Waals surface area contributed by atoms with Gasteiger partial charge in [0.05, 0.1) is 0 Å². The van der Waals surface area contributed by atoms with Gasteiger partial charge >= 0.3 is 0 Å². The summed E-state index contributed by atoms with van der Waals surface area (Å²) in [6, 6.07) is 0. The third-order valence-electron chi connectivity index (χ3n) is 4.14. The predicted molar refractivity (Wildman–Crippen MR) is 57.1 cm³/mol. The Morgan fingerprint density at radius 1 is 1.33 bits per heavy atom. The summed E-state index contributed by atoms with van der Waals surface area (Å²) in [7, 11) is 0. The van der Waals surface area contributed by atoms with Gasteiger partial charge in [-0.15, -0.1) is 0 Å². The number of hydrogen-bond donors (Lipinski definition) is 1. The molecule has 2 nitrogen and oxygen atoms in total. The second kappa shape index (κ2) is 3.31. The summed E-state index contributed by atoms with van der Waals surface area (Å²) < 4.78 is 0. The second-order valence-electron chi connectivity index (χ2n) is 4.93. The Labute approximate surface area is 89.7 Å². The first-order valence-electron chi connectivity index (χ1n) is 5.85. The number of carbonyl (C=O) groups excluding carboxylic acids is 1. The summed E-state index contributed by atoms with van der Waals surface area (Å²) in [5, 5.41) is 8.78. The van der Waals surface area contributed by atoms with Gasteiger partial charge in [0.1, 0.15) is 0 Å². The molecule has 15 heavy (non-hydrogen) atoms. The number of Topliss-reactive ketones (excluding diaryl/α,β-unsaturated/α-hetero) is 1. The van der Waals surface area contributed by atoms with Crippen molar-refractivity contribution in [3.05, 3.63) is 23.8 Å². The quantitative estimate of drug-likeness (QED) is 0.710. The van der Waals surface area contributed by atoms with Crippen LogP contribution >= 0.6 is 0 Å². The zero-order chi connectivity index (χ0) is 10.4. The molecule has 0 amide bonds. The van der Waals surface area contributed by atoms with Crippen LogP contribution in [-0.4, -0.2) is 17.5 Å². The van der Waals surface area contributed by atoms with Crippen molar-refractivity contribution in [3.8, 4) is 0 Å². The van der Waals surface area contributed by atoms with E-state index in [1.807, 2.05) is 0 Å². The number of rotatable bonds is 3. The van der Waals surface area contributed by atoms with Crippen LogP contribution in [0.5, 0.6) is 0 Å². The molecule has 0 aromatic rings. The van der Waals surface area contributed by atoms with E-state index in [-0.39, 0.29) is 12.5 Å². The van der Waals surface area contributed by atoms with Gasteiger partial charge in [-0.3, -0.25) is 4.79 Å². The molecule has 3 aliphatic carbocycles. The van der Waals surface area contributed by atoms with Crippen LogP contribution in [0, 0.1) is 23.7 Å². The molecule has 2 bridgehead atoms. The lowest BCUT2D eigenvalue weighted by Crippen LogP contribution is -2.21. The van der Waals surface area contributed by atoms with Crippen LogP contribution in [-0.2, 0) is 4.79 Å². The molecule has 2 heteroatoms. The Bertz CT molecular complexity index is 354. The maximum atomic E-state index is 12.1. The molecule has 0 heterocycles. The minimum absolute atomic E-state index is 0.186. The smallest absolute Gasteiger partial charge is 0.162 e. The van der Waals surface area contributed by atoms with Crippen LogP contribution < -0.4 is 0 Å². The molecule has 4 atom stereocenters. The van der Waals surface area contributed by atoms with Crippen molar-refractivity contribution in [1.29, 1.82) is 0 Å². The number of ketones is 1. The second-order valence-corrected chi connectivity index (χ2v) is 4.93. The Balaban J connectivity index is 1.80. The van der Waals surface area contributed by atoms with Gasteiger partial charge in [-0.2, -0.15) is 0 Å². The average molecular weight is 204 g/mol. The molecule has 0 aromatic carbocycles. The minimum Gasteiger partial charge on any atom is -0.396 e. The number of aliphatic hydroxyl groups is 1. The van der Waals surface area contributed by atoms with Gasteiger partial charge in [0.15, 0.2) is 5.78 Å². The monoisotopic (exact) mass is 204 g/mol. The van der Waals surface area contributed by atoms with E-state index in [2.05, 4.69) is 18.2 Å². The summed E-state index contributed by atoms with van der Waals surface area (Å²) in [4.78, 5) is 12.1. The van der Waals surface area contributed by atoms with Crippen molar-refractivity contribution in [2.45, 2.75) is 19.3 Å². The molecule has 1 saturated carbocycles. The standard InChI is InChI=1S/C13H16O2/c14-5-1-2-10-7-11-8-3-4-9(6-8)12(11)13(10)15/h3-4,7-9,11-12,14H,1-2,5-6H2/t8-,9+,11-,12+/m1/s1. The zero-order valence-electron chi connectivity index (χ0n) is 8.73. The Morgan fingerprint density at radius 2 is 2.13 bits per heavy atom. The van der Waals surface area contributed by atoms with Crippen LogP contribution in [0.25, 0.3) is 0 Å². The lowest BCUT2D eigenvalue weighted by Gasteiger charge is -2.17. The Morgan fingerprint density at radius 3 is 2.87 bits per heavy atom. The molecule has 0 saturated heterocycles. The normalized spacial score (nSPS) is 41.1. The third-order valence-corrected chi connectivity index (χ3v) is 4.14. The molecule has 0 radical (unpaired) electrons. The van der Waals surface area contributed by atoms with Crippen molar-refractivity contribution >= 4 is 5.78 Å². The van der Waals surface area contributed by atoms with Crippen LogP contribution in [0.1, 0.15) is 19.3 Å². The van der Waals surface area contributed by atoms with E-state index < -0.39 is 0 Å². The molecule has 0 spiro atoms. The topological polar surface area (TPSA) is 37.3 Å². The number of fused-ring (bicyclic) bond motifs is 5. The molecular weight excluding hydrogens is 188 g/mol. The molecule has 80 valence electrons. The van der Waals surface area contributed by atoms with Gasteiger partial charge in [0.25, 0.3) is 0 Å². The highest BCUT2D eigenvalue weighted by Crippen LogP contribution is 2.53. The number of carbonyl (C=O) groups is 1. The molecule has 0 aliphatic heterocycles. The zero-order valence-corrected chi connectivity index (χ0v) is 8.73. The van der Waals surface area contributed by atoms with Gasteiger partial charge in [0.2, 0.25) is 0 Å². The highest BCUT2D eigenvalue weighted by molar-refractivity contribution is 6.00. The fourth-order valence-electron chi connectivity index (χ4n) is 3.46. The van der Waals surface area contributed by atoms with E-state index in [0.717, 1.165) is 18.4 Å². The first-order valence-corrected chi connectivity index (χ1v) is 5.85. The third kappa shape index (κ3) is 1.24. The van der Waals surface area contributed by atoms with E-state index in [1.165, 1.54) is 6.42 Å². The lowest BCUT2D eigenvalue weighted by atomic mass is 9.85. The van der Waals surface area contributed by atoms with Gasteiger partial charge in [-0.1, -0.05) is 18.2 Å². The fraction of sp³-hybridized carbons (Fsp3) is 0.615. The van der Waals surface area contributed by atoms with E-state index in [0.29, 0.717) is 23.5 Å². The van der Waals surface area contributed by atoms with Crippen molar-refractivity contribution in [1.82, 2.24) is 0 Å². The van der Waals surface area contributed by atoms with Crippen LogP contribution in [0.4, 0.5) is 0 Å². The lowest BCUT2D eigenvalue weighted by molar-refractivity contribution is -0.119. The van der Waals surface area contributed by atoms with E-state index in [9.17, 15) is 4.79 Å². The molecule has 0 aromatic heterocycles.